The summed E-state index contributed by atoms with van der Waals surface area (Å²) in [4.78, 5) is 41.4. The van der Waals surface area contributed by atoms with Crippen LogP contribution in [-0.2, 0) is 11.3 Å². The summed E-state index contributed by atoms with van der Waals surface area (Å²) in [5, 5.41) is 3.89. The molecule has 0 radical (unpaired) electrons. The molecule has 0 saturated carbocycles. The largest absolute Gasteiger partial charge is 0.325 e. The number of rotatable bonds is 7. The Morgan fingerprint density at radius 1 is 1.14 bits per heavy atom. The van der Waals surface area contributed by atoms with Crippen molar-refractivity contribution in [3.05, 3.63) is 64.4 Å². The lowest BCUT2D eigenvalue weighted by atomic mass is 10.1. The van der Waals surface area contributed by atoms with E-state index in [1.807, 2.05) is 26.0 Å². The van der Waals surface area contributed by atoms with Crippen LogP contribution in [0.2, 0.25) is 0 Å². The first kappa shape index (κ1) is 20.8. The van der Waals surface area contributed by atoms with Gasteiger partial charge in [-0.15, -0.1) is 0 Å². The van der Waals surface area contributed by atoms with Crippen molar-refractivity contribution < 1.29 is 9.59 Å². The zero-order chi connectivity index (χ0) is 21.0. The molecule has 0 aliphatic carbocycles. The molecule has 0 aliphatic heterocycles. The summed E-state index contributed by atoms with van der Waals surface area (Å²) < 4.78 is 1.64. The van der Waals surface area contributed by atoms with Crippen LogP contribution >= 0.6 is 11.8 Å². The van der Waals surface area contributed by atoms with Gasteiger partial charge in [0.2, 0.25) is 5.91 Å². The van der Waals surface area contributed by atoms with Gasteiger partial charge in [-0.3, -0.25) is 19.0 Å². The molecule has 0 saturated heterocycles. The topological polar surface area (TPSA) is 81.1 Å². The fraction of sp³-hybridized carbons (Fsp3) is 0.273. The first-order valence-electron chi connectivity index (χ1n) is 9.38. The minimum atomic E-state index is -0.228. The van der Waals surface area contributed by atoms with E-state index in [2.05, 4.69) is 10.3 Å². The number of amides is 1. The summed E-state index contributed by atoms with van der Waals surface area (Å²) in [6.07, 6.45) is 0. The number of benzene rings is 2. The lowest BCUT2D eigenvalue weighted by Crippen LogP contribution is -2.26. The molecule has 7 heteroatoms. The number of nitrogens with one attached hydrogen (secondary N) is 1. The van der Waals surface area contributed by atoms with Gasteiger partial charge in [-0.1, -0.05) is 49.9 Å². The Bertz CT molecular complexity index is 1120. The van der Waals surface area contributed by atoms with Crippen molar-refractivity contribution in [3.8, 4) is 0 Å². The number of aromatic nitrogens is 2. The van der Waals surface area contributed by atoms with Gasteiger partial charge in [0.25, 0.3) is 5.56 Å². The van der Waals surface area contributed by atoms with E-state index in [1.54, 1.807) is 41.0 Å². The van der Waals surface area contributed by atoms with Gasteiger partial charge in [-0.2, -0.15) is 0 Å². The van der Waals surface area contributed by atoms with Crippen LogP contribution in [0.1, 0.15) is 31.1 Å². The molecule has 0 aliphatic rings. The lowest BCUT2D eigenvalue weighted by Gasteiger charge is -2.15. The number of anilines is 1. The van der Waals surface area contributed by atoms with E-state index in [1.165, 1.54) is 18.7 Å². The lowest BCUT2D eigenvalue weighted by molar-refractivity contribution is -0.113. The van der Waals surface area contributed by atoms with Gasteiger partial charge in [0.15, 0.2) is 10.9 Å². The molecule has 1 heterocycles. The summed E-state index contributed by atoms with van der Waals surface area (Å²) in [7, 11) is 0. The molecule has 0 fully saturated rings. The van der Waals surface area contributed by atoms with Gasteiger partial charge in [-0.05, 0) is 37.1 Å². The number of carbonyl (C=O) groups excluding carboxylic acids is 2. The maximum Gasteiger partial charge on any atom is 0.262 e. The number of hydrogen-bond acceptors (Lipinski definition) is 5. The number of carbonyl (C=O) groups is 2. The van der Waals surface area contributed by atoms with E-state index < -0.39 is 0 Å². The van der Waals surface area contributed by atoms with E-state index in [-0.39, 0.29) is 28.9 Å². The van der Waals surface area contributed by atoms with Crippen molar-refractivity contribution in [2.75, 3.05) is 11.1 Å². The second-order valence-electron chi connectivity index (χ2n) is 7.19. The molecule has 1 amide bonds. The highest BCUT2D eigenvalue weighted by atomic mass is 32.2. The Labute approximate surface area is 173 Å². The molecule has 2 aromatic carbocycles. The van der Waals surface area contributed by atoms with Crippen molar-refractivity contribution in [1.82, 2.24) is 9.55 Å². The van der Waals surface area contributed by atoms with Gasteiger partial charge in [0.1, 0.15) is 0 Å². The third-order valence-electron chi connectivity index (χ3n) is 4.26. The van der Waals surface area contributed by atoms with Gasteiger partial charge < -0.3 is 5.32 Å². The van der Waals surface area contributed by atoms with Gasteiger partial charge in [0, 0.05) is 17.8 Å². The third-order valence-corrected chi connectivity index (χ3v) is 5.24. The van der Waals surface area contributed by atoms with Crippen LogP contribution in [0.4, 0.5) is 5.69 Å². The minimum absolute atomic E-state index is 0.0615. The third kappa shape index (κ3) is 5.12. The number of nitrogens with zero attached hydrogens (tertiary/aromatic N) is 2. The SMILES string of the molecule is CC(=O)c1cccc(NC(=O)CSc2nc3ccccc3c(=O)n2CC(C)C)c1. The van der Waals surface area contributed by atoms with Crippen LogP contribution in [0.5, 0.6) is 0 Å². The van der Waals surface area contributed by atoms with Gasteiger partial charge >= 0.3 is 0 Å². The molecule has 0 bridgehead atoms. The number of fused-ring (bicyclic) bond motifs is 1. The number of Topliss-reactive ketones (excluding diaryl/α,β-unsaturated/α-hetero) is 1. The maximum absolute atomic E-state index is 12.9. The van der Waals surface area contributed by atoms with E-state index in [0.717, 1.165) is 0 Å². The van der Waals surface area contributed by atoms with E-state index in [9.17, 15) is 14.4 Å². The molecule has 3 aromatic rings. The highest BCUT2D eigenvalue weighted by Crippen LogP contribution is 2.20. The number of hydrogen-bond donors (Lipinski definition) is 1. The van der Waals surface area contributed by atoms with Crippen molar-refractivity contribution in [2.24, 2.45) is 5.92 Å². The van der Waals surface area contributed by atoms with Gasteiger partial charge in [-0.25, -0.2) is 4.98 Å². The Morgan fingerprint density at radius 3 is 2.62 bits per heavy atom. The summed E-state index contributed by atoms with van der Waals surface area (Å²) in [5.74, 6) is 0.0774. The molecule has 6 nitrogen and oxygen atoms in total. The molecular formula is C22H23N3O3S. The fourth-order valence-corrected chi connectivity index (χ4v) is 3.74. The molecule has 0 atom stereocenters. The van der Waals surface area contributed by atoms with Crippen LogP contribution in [0.15, 0.2) is 58.5 Å². The average molecular weight is 410 g/mol. The highest BCUT2D eigenvalue weighted by Gasteiger charge is 2.14. The molecule has 150 valence electrons. The summed E-state index contributed by atoms with van der Waals surface area (Å²) in [6, 6.07) is 14.0. The van der Waals surface area contributed by atoms with E-state index in [0.29, 0.717) is 33.9 Å². The molecular weight excluding hydrogens is 386 g/mol. The minimum Gasteiger partial charge on any atom is -0.325 e. The van der Waals surface area contributed by atoms with Crippen LogP contribution in [0.3, 0.4) is 0 Å². The monoisotopic (exact) mass is 409 g/mol. The maximum atomic E-state index is 12.9. The Morgan fingerprint density at radius 2 is 1.90 bits per heavy atom. The first-order chi connectivity index (χ1) is 13.8. The van der Waals surface area contributed by atoms with E-state index in [4.69, 9.17) is 0 Å². The van der Waals surface area contributed by atoms with Crippen molar-refractivity contribution in [3.63, 3.8) is 0 Å². The summed E-state index contributed by atoms with van der Waals surface area (Å²) in [6.45, 7) is 6.08. The van der Waals surface area contributed by atoms with E-state index >= 15 is 0 Å². The molecule has 29 heavy (non-hydrogen) atoms. The predicted molar refractivity (Wildman–Crippen MR) is 117 cm³/mol. The smallest absolute Gasteiger partial charge is 0.262 e. The second kappa shape index (κ2) is 9.05. The summed E-state index contributed by atoms with van der Waals surface area (Å²) >= 11 is 1.23. The molecule has 3 rings (SSSR count). The Hall–Kier alpha value is -2.93. The quantitative estimate of drug-likeness (QED) is 0.363. The Balaban J connectivity index is 1.80. The highest BCUT2D eigenvalue weighted by molar-refractivity contribution is 7.99. The predicted octanol–water partition coefficient (Wildman–Crippen LogP) is 3.99. The molecule has 0 unspecified atom stereocenters. The van der Waals surface area contributed by atoms with Crippen LogP contribution in [0, 0.1) is 5.92 Å². The number of para-hydroxylation sites is 1. The van der Waals surface area contributed by atoms with Crippen LogP contribution in [-0.4, -0.2) is 27.0 Å². The fourth-order valence-electron chi connectivity index (χ4n) is 2.93. The second-order valence-corrected chi connectivity index (χ2v) is 8.14. The molecule has 1 N–H and O–H groups in total. The average Bonchev–Trinajstić information content (AvgIpc) is 2.69. The number of thioether (sulfide) groups is 1. The zero-order valence-corrected chi connectivity index (χ0v) is 17.5. The van der Waals surface area contributed by atoms with Crippen LogP contribution in [0.25, 0.3) is 10.9 Å². The van der Waals surface area contributed by atoms with Crippen molar-refractivity contribution >= 4 is 40.0 Å². The Kier molecular flexibility index (Phi) is 6.49. The summed E-state index contributed by atoms with van der Waals surface area (Å²) in [5.41, 5.74) is 1.63. The van der Waals surface area contributed by atoms with Crippen molar-refractivity contribution in [2.45, 2.75) is 32.5 Å². The first-order valence-corrected chi connectivity index (χ1v) is 10.4. The number of ketones is 1. The normalized spacial score (nSPS) is 11.0. The standard InChI is InChI=1S/C22H23N3O3S/c1-14(2)12-25-21(28)18-9-4-5-10-19(18)24-22(25)29-13-20(27)23-17-8-6-7-16(11-17)15(3)26/h4-11,14H,12-13H2,1-3H3,(H,23,27). The van der Waals surface area contributed by atoms with Gasteiger partial charge in [0.05, 0.1) is 16.7 Å². The zero-order valence-electron chi connectivity index (χ0n) is 16.6. The van der Waals surface area contributed by atoms with Crippen molar-refractivity contribution in [1.29, 1.82) is 0 Å². The molecule has 0 spiro atoms. The molecule has 1 aromatic heterocycles. The van der Waals surface area contributed by atoms with Crippen LogP contribution < -0.4 is 10.9 Å².